The molecule has 0 amide bonds. The minimum atomic E-state index is -0.00764. The van der Waals surface area contributed by atoms with Crippen molar-refractivity contribution in [2.24, 2.45) is 5.84 Å². The molecule has 0 aliphatic heterocycles. The molecule has 0 bridgehead atoms. The molecule has 18 heavy (non-hydrogen) atoms. The fourth-order valence-electron chi connectivity index (χ4n) is 1.71. The van der Waals surface area contributed by atoms with Crippen LogP contribution in [0.25, 0.3) is 0 Å². The van der Waals surface area contributed by atoms with Gasteiger partial charge in [-0.05, 0) is 45.8 Å². The molecule has 1 unspecified atom stereocenters. The van der Waals surface area contributed by atoms with Gasteiger partial charge in [0.15, 0.2) is 0 Å². The number of rotatable bonds is 4. The first kappa shape index (κ1) is 14.3. The van der Waals surface area contributed by atoms with E-state index in [0.717, 1.165) is 16.5 Å². The fourth-order valence-corrected chi connectivity index (χ4v) is 3.75. The summed E-state index contributed by atoms with van der Waals surface area (Å²) in [4.78, 5) is 1.24. The fraction of sp³-hybridized carbons (Fsp3) is 0.167. The van der Waals surface area contributed by atoms with E-state index in [4.69, 9.17) is 29.0 Å². The van der Waals surface area contributed by atoms with Crippen LogP contribution in [0, 0.1) is 0 Å². The van der Waals surface area contributed by atoms with Crippen LogP contribution in [0.2, 0.25) is 10.0 Å². The molecular weight excluding hydrogens is 355 g/mol. The van der Waals surface area contributed by atoms with E-state index >= 15 is 0 Å². The molecule has 3 N–H and O–H groups in total. The second-order valence-electron chi connectivity index (χ2n) is 3.86. The predicted molar refractivity (Wildman–Crippen MR) is 82.2 cm³/mol. The summed E-state index contributed by atoms with van der Waals surface area (Å²) < 4.78 is 1.09. The van der Waals surface area contributed by atoms with Crippen LogP contribution in [-0.4, -0.2) is 0 Å². The molecule has 0 fully saturated rings. The standard InChI is InChI=1S/C12H11BrCl2N2S/c13-8-3-11(18-6-8)5-12(17-16)7-1-9(14)4-10(15)2-7/h1-4,6,12,17H,5,16H2. The van der Waals surface area contributed by atoms with Gasteiger partial charge in [0, 0.05) is 31.2 Å². The molecule has 0 saturated carbocycles. The Morgan fingerprint density at radius 2 is 1.89 bits per heavy atom. The van der Waals surface area contributed by atoms with Crippen LogP contribution >= 0.6 is 50.5 Å². The van der Waals surface area contributed by atoms with E-state index in [2.05, 4.69) is 27.4 Å². The van der Waals surface area contributed by atoms with Gasteiger partial charge in [0.1, 0.15) is 0 Å². The maximum atomic E-state index is 6.00. The lowest BCUT2D eigenvalue weighted by Gasteiger charge is -2.16. The third-order valence-electron chi connectivity index (χ3n) is 2.52. The zero-order chi connectivity index (χ0) is 13.1. The van der Waals surface area contributed by atoms with Crippen molar-refractivity contribution >= 4 is 50.5 Å². The van der Waals surface area contributed by atoms with E-state index in [-0.39, 0.29) is 6.04 Å². The van der Waals surface area contributed by atoms with E-state index < -0.39 is 0 Å². The average molecular weight is 366 g/mol. The van der Waals surface area contributed by atoms with Crippen LogP contribution < -0.4 is 11.3 Å². The molecule has 1 aromatic carbocycles. The number of hydrogen-bond donors (Lipinski definition) is 2. The second-order valence-corrected chi connectivity index (χ2v) is 6.64. The quantitative estimate of drug-likeness (QED) is 0.615. The highest BCUT2D eigenvalue weighted by Gasteiger charge is 2.13. The molecule has 1 heterocycles. The Bertz CT molecular complexity index is 524. The molecular formula is C12H11BrCl2N2S. The molecule has 2 rings (SSSR count). The second kappa shape index (κ2) is 6.37. The normalized spacial score (nSPS) is 12.7. The van der Waals surface area contributed by atoms with E-state index in [1.54, 1.807) is 17.4 Å². The van der Waals surface area contributed by atoms with Crippen LogP contribution in [-0.2, 0) is 6.42 Å². The number of benzene rings is 1. The smallest absolute Gasteiger partial charge is 0.0509 e. The number of halogens is 3. The Balaban J connectivity index is 2.22. The third-order valence-corrected chi connectivity index (χ3v) is 4.67. The highest BCUT2D eigenvalue weighted by atomic mass is 79.9. The highest BCUT2D eigenvalue weighted by Crippen LogP contribution is 2.28. The molecule has 96 valence electrons. The Hall–Kier alpha value is -0.100. The summed E-state index contributed by atoms with van der Waals surface area (Å²) in [6.45, 7) is 0. The SMILES string of the molecule is NNC(Cc1cc(Br)cs1)c1cc(Cl)cc(Cl)c1. The first-order valence-corrected chi connectivity index (χ1v) is 7.66. The maximum Gasteiger partial charge on any atom is 0.0509 e. The number of hydrazine groups is 1. The third kappa shape index (κ3) is 3.70. The molecule has 0 spiro atoms. The van der Waals surface area contributed by atoms with Crippen molar-refractivity contribution in [2.75, 3.05) is 0 Å². The summed E-state index contributed by atoms with van der Waals surface area (Å²) in [5, 5.41) is 3.28. The number of nitrogens with one attached hydrogen (secondary N) is 1. The molecule has 1 atom stereocenters. The zero-order valence-corrected chi connectivity index (χ0v) is 13.2. The first-order chi connectivity index (χ1) is 8.58. The molecule has 0 saturated heterocycles. The van der Waals surface area contributed by atoms with Crippen molar-refractivity contribution in [2.45, 2.75) is 12.5 Å². The summed E-state index contributed by atoms with van der Waals surface area (Å²) in [6.07, 6.45) is 0.795. The van der Waals surface area contributed by atoms with Crippen LogP contribution in [0.5, 0.6) is 0 Å². The minimum Gasteiger partial charge on any atom is -0.271 e. The highest BCUT2D eigenvalue weighted by molar-refractivity contribution is 9.10. The number of thiophene rings is 1. The van der Waals surface area contributed by atoms with E-state index in [1.807, 2.05) is 17.5 Å². The van der Waals surface area contributed by atoms with E-state index in [0.29, 0.717) is 10.0 Å². The molecule has 0 radical (unpaired) electrons. The van der Waals surface area contributed by atoms with Crippen LogP contribution in [0.15, 0.2) is 34.1 Å². The van der Waals surface area contributed by atoms with Crippen molar-refractivity contribution in [1.29, 1.82) is 0 Å². The Morgan fingerprint density at radius 1 is 1.22 bits per heavy atom. The van der Waals surface area contributed by atoms with Gasteiger partial charge in [-0.3, -0.25) is 11.3 Å². The molecule has 2 nitrogen and oxygen atoms in total. The lowest BCUT2D eigenvalue weighted by molar-refractivity contribution is 0.555. The van der Waals surface area contributed by atoms with Crippen molar-refractivity contribution < 1.29 is 0 Å². The first-order valence-electron chi connectivity index (χ1n) is 5.23. The van der Waals surface area contributed by atoms with Gasteiger partial charge in [-0.1, -0.05) is 23.2 Å². The maximum absolute atomic E-state index is 6.00. The number of hydrogen-bond acceptors (Lipinski definition) is 3. The predicted octanol–water partition coefficient (Wildman–Crippen LogP) is 4.56. The Labute approximate surface area is 128 Å². The Morgan fingerprint density at radius 3 is 2.39 bits per heavy atom. The topological polar surface area (TPSA) is 38.0 Å². The van der Waals surface area contributed by atoms with Gasteiger partial charge in [0.25, 0.3) is 0 Å². The van der Waals surface area contributed by atoms with Gasteiger partial charge < -0.3 is 0 Å². The van der Waals surface area contributed by atoms with Gasteiger partial charge in [-0.25, -0.2) is 0 Å². The van der Waals surface area contributed by atoms with Gasteiger partial charge >= 0.3 is 0 Å². The van der Waals surface area contributed by atoms with Crippen molar-refractivity contribution in [3.63, 3.8) is 0 Å². The zero-order valence-electron chi connectivity index (χ0n) is 9.29. The van der Waals surface area contributed by atoms with Crippen molar-refractivity contribution in [1.82, 2.24) is 5.43 Å². The van der Waals surface area contributed by atoms with Gasteiger partial charge in [-0.2, -0.15) is 0 Å². The summed E-state index contributed by atoms with van der Waals surface area (Å²) >= 11 is 17.1. The molecule has 0 aliphatic rings. The monoisotopic (exact) mass is 364 g/mol. The summed E-state index contributed by atoms with van der Waals surface area (Å²) in [5.41, 5.74) is 3.79. The molecule has 2 aromatic rings. The lowest BCUT2D eigenvalue weighted by Crippen LogP contribution is -2.29. The van der Waals surface area contributed by atoms with E-state index in [1.165, 1.54) is 4.88 Å². The van der Waals surface area contributed by atoms with Crippen LogP contribution in [0.1, 0.15) is 16.5 Å². The molecule has 6 heteroatoms. The van der Waals surface area contributed by atoms with E-state index in [9.17, 15) is 0 Å². The largest absolute Gasteiger partial charge is 0.271 e. The van der Waals surface area contributed by atoms with Gasteiger partial charge in [0.05, 0.1) is 6.04 Å². The summed E-state index contributed by atoms with van der Waals surface area (Å²) in [7, 11) is 0. The molecule has 1 aromatic heterocycles. The lowest BCUT2D eigenvalue weighted by atomic mass is 10.0. The van der Waals surface area contributed by atoms with Crippen molar-refractivity contribution in [3.05, 3.63) is 54.6 Å². The van der Waals surface area contributed by atoms with Crippen LogP contribution in [0.3, 0.4) is 0 Å². The van der Waals surface area contributed by atoms with Crippen LogP contribution in [0.4, 0.5) is 0 Å². The average Bonchev–Trinajstić information content (AvgIpc) is 2.70. The van der Waals surface area contributed by atoms with Crippen molar-refractivity contribution in [3.8, 4) is 0 Å². The summed E-state index contributed by atoms with van der Waals surface area (Å²) in [6, 6.07) is 7.54. The van der Waals surface area contributed by atoms with Gasteiger partial charge in [0.2, 0.25) is 0 Å². The minimum absolute atomic E-state index is 0.00764. The van der Waals surface area contributed by atoms with Gasteiger partial charge in [-0.15, -0.1) is 11.3 Å². The Kier molecular flexibility index (Phi) is 5.06. The molecule has 0 aliphatic carbocycles. The summed E-state index contributed by atoms with van der Waals surface area (Å²) in [5.74, 6) is 5.62. The number of nitrogens with two attached hydrogens (primary N) is 1.